The van der Waals surface area contributed by atoms with Gasteiger partial charge in [-0.25, -0.2) is 0 Å². The van der Waals surface area contributed by atoms with Crippen LogP contribution in [-0.4, -0.2) is 34.3 Å². The first-order valence-electron chi connectivity index (χ1n) is 6.46. The summed E-state index contributed by atoms with van der Waals surface area (Å²) in [7, 11) is 1.60. The van der Waals surface area contributed by atoms with E-state index < -0.39 is 4.92 Å². The van der Waals surface area contributed by atoms with Crippen LogP contribution in [0.2, 0.25) is 0 Å². The van der Waals surface area contributed by atoms with Crippen LogP contribution in [-0.2, 0) is 6.54 Å². The van der Waals surface area contributed by atoms with Gasteiger partial charge in [-0.2, -0.15) is 5.10 Å². The molecule has 9 nitrogen and oxygen atoms in total. The molecule has 22 heavy (non-hydrogen) atoms. The Balaban J connectivity index is 1.84. The Morgan fingerprint density at radius 3 is 2.82 bits per heavy atom. The first-order valence-corrected chi connectivity index (χ1v) is 6.46. The molecule has 0 amide bonds. The second-order valence-corrected chi connectivity index (χ2v) is 4.34. The summed E-state index contributed by atoms with van der Waals surface area (Å²) in [5.74, 6) is 1.01. The molecule has 0 saturated carbocycles. The van der Waals surface area contributed by atoms with E-state index in [4.69, 9.17) is 10.5 Å². The molecule has 0 spiro atoms. The van der Waals surface area contributed by atoms with Crippen LogP contribution < -0.4 is 15.8 Å². The minimum Gasteiger partial charge on any atom is -0.497 e. The van der Waals surface area contributed by atoms with Crippen molar-refractivity contribution in [2.24, 2.45) is 10.7 Å². The zero-order valence-electron chi connectivity index (χ0n) is 12.0. The zero-order valence-corrected chi connectivity index (χ0v) is 12.0. The van der Waals surface area contributed by atoms with Gasteiger partial charge < -0.3 is 15.8 Å². The molecular formula is C13H16N6O3. The van der Waals surface area contributed by atoms with Gasteiger partial charge in [0.2, 0.25) is 0 Å². The van der Waals surface area contributed by atoms with E-state index in [1.165, 1.54) is 17.1 Å². The lowest BCUT2D eigenvalue weighted by molar-refractivity contribution is -0.385. The Hall–Kier alpha value is -3.10. The Kier molecular flexibility index (Phi) is 4.91. The third-order valence-corrected chi connectivity index (χ3v) is 2.80. The number of nitrogens with one attached hydrogen (secondary N) is 1. The Labute approximate surface area is 126 Å². The van der Waals surface area contributed by atoms with Gasteiger partial charge in [0.15, 0.2) is 5.96 Å². The number of nitro groups is 1. The van der Waals surface area contributed by atoms with Crippen LogP contribution in [0.3, 0.4) is 0 Å². The molecule has 116 valence electrons. The highest BCUT2D eigenvalue weighted by molar-refractivity contribution is 5.92. The number of guanidine groups is 1. The number of ether oxygens (including phenoxy) is 1. The monoisotopic (exact) mass is 304 g/mol. The number of methoxy groups -OCH3 is 1. The molecule has 0 unspecified atom stereocenters. The van der Waals surface area contributed by atoms with Gasteiger partial charge in [0, 0.05) is 5.69 Å². The molecule has 0 aliphatic heterocycles. The summed E-state index contributed by atoms with van der Waals surface area (Å²) >= 11 is 0. The molecule has 0 bridgehead atoms. The quantitative estimate of drug-likeness (QED) is 0.358. The summed E-state index contributed by atoms with van der Waals surface area (Å²) in [4.78, 5) is 14.2. The SMILES string of the molecule is COc1ccc(NC(N)=NCCn2cc([N+](=O)[O-])cn2)cc1. The normalized spacial score (nSPS) is 11.2. The maximum Gasteiger partial charge on any atom is 0.306 e. The molecule has 0 aliphatic rings. The van der Waals surface area contributed by atoms with E-state index in [-0.39, 0.29) is 11.6 Å². The lowest BCUT2D eigenvalue weighted by Gasteiger charge is -2.06. The summed E-state index contributed by atoms with van der Waals surface area (Å²) in [6, 6.07) is 7.24. The fraction of sp³-hybridized carbons (Fsp3) is 0.231. The maximum atomic E-state index is 10.5. The summed E-state index contributed by atoms with van der Waals surface area (Å²) < 4.78 is 6.51. The van der Waals surface area contributed by atoms with Crippen LogP contribution in [0, 0.1) is 10.1 Å². The Morgan fingerprint density at radius 2 is 2.23 bits per heavy atom. The number of hydrogen-bond acceptors (Lipinski definition) is 5. The van der Waals surface area contributed by atoms with Gasteiger partial charge in [-0.3, -0.25) is 19.8 Å². The molecule has 0 fully saturated rings. The summed E-state index contributed by atoms with van der Waals surface area (Å²) in [6.07, 6.45) is 2.55. The molecule has 0 radical (unpaired) electrons. The van der Waals surface area contributed by atoms with Crippen LogP contribution in [0.25, 0.3) is 0 Å². The molecule has 0 saturated heterocycles. The fourth-order valence-electron chi connectivity index (χ4n) is 1.70. The maximum absolute atomic E-state index is 10.5. The van der Waals surface area contributed by atoms with Gasteiger partial charge >= 0.3 is 5.69 Å². The predicted molar refractivity (Wildman–Crippen MR) is 82.0 cm³/mol. The van der Waals surface area contributed by atoms with Crippen molar-refractivity contribution >= 4 is 17.3 Å². The van der Waals surface area contributed by atoms with Crippen molar-refractivity contribution in [3.63, 3.8) is 0 Å². The molecule has 0 atom stereocenters. The molecule has 1 heterocycles. The van der Waals surface area contributed by atoms with Gasteiger partial charge in [-0.05, 0) is 24.3 Å². The summed E-state index contributed by atoms with van der Waals surface area (Å²) in [5.41, 5.74) is 6.50. The number of aromatic nitrogens is 2. The van der Waals surface area contributed by atoms with E-state index in [2.05, 4.69) is 15.4 Å². The molecule has 2 rings (SSSR count). The molecular weight excluding hydrogens is 288 g/mol. The lowest BCUT2D eigenvalue weighted by atomic mass is 10.3. The van der Waals surface area contributed by atoms with Crippen LogP contribution in [0.15, 0.2) is 41.7 Å². The topological polar surface area (TPSA) is 121 Å². The number of aliphatic imine (C=N–C) groups is 1. The van der Waals surface area contributed by atoms with Crippen molar-refractivity contribution < 1.29 is 9.66 Å². The van der Waals surface area contributed by atoms with E-state index in [1.54, 1.807) is 19.2 Å². The number of nitrogens with zero attached hydrogens (tertiary/aromatic N) is 4. The van der Waals surface area contributed by atoms with Gasteiger partial charge in [-0.15, -0.1) is 0 Å². The van der Waals surface area contributed by atoms with Crippen molar-refractivity contribution in [1.82, 2.24) is 9.78 Å². The molecule has 3 N–H and O–H groups in total. The number of anilines is 1. The molecule has 1 aromatic carbocycles. The molecule has 0 aliphatic carbocycles. The van der Waals surface area contributed by atoms with Crippen LogP contribution in [0.5, 0.6) is 5.75 Å². The van der Waals surface area contributed by atoms with Gasteiger partial charge in [-0.1, -0.05) is 0 Å². The van der Waals surface area contributed by atoms with E-state index in [0.29, 0.717) is 13.1 Å². The van der Waals surface area contributed by atoms with Gasteiger partial charge in [0.1, 0.15) is 18.1 Å². The van der Waals surface area contributed by atoms with Gasteiger partial charge in [0.05, 0.1) is 25.1 Å². The highest BCUT2D eigenvalue weighted by atomic mass is 16.6. The first-order chi connectivity index (χ1) is 10.6. The van der Waals surface area contributed by atoms with E-state index >= 15 is 0 Å². The third kappa shape index (κ3) is 4.20. The standard InChI is InChI=1S/C13H16N6O3/c1-22-12-4-2-10(3-5-12)17-13(14)15-6-7-18-9-11(8-16-18)19(20)21/h2-5,8-9H,6-7H2,1H3,(H3,14,15,17). The minimum atomic E-state index is -0.494. The number of hydrogen-bond donors (Lipinski definition) is 2. The molecule has 1 aromatic heterocycles. The van der Waals surface area contributed by atoms with Crippen molar-refractivity contribution in [1.29, 1.82) is 0 Å². The van der Waals surface area contributed by atoms with E-state index in [0.717, 1.165) is 11.4 Å². The average molecular weight is 304 g/mol. The van der Waals surface area contributed by atoms with Gasteiger partial charge in [0.25, 0.3) is 0 Å². The predicted octanol–water partition coefficient (Wildman–Crippen LogP) is 1.23. The first kappa shape index (κ1) is 15.3. The van der Waals surface area contributed by atoms with Crippen molar-refractivity contribution in [3.05, 3.63) is 46.8 Å². The van der Waals surface area contributed by atoms with Crippen LogP contribution >= 0.6 is 0 Å². The minimum absolute atomic E-state index is 0.0479. The average Bonchev–Trinajstić information content (AvgIpc) is 2.97. The Morgan fingerprint density at radius 1 is 1.50 bits per heavy atom. The van der Waals surface area contributed by atoms with Crippen LogP contribution in [0.4, 0.5) is 11.4 Å². The summed E-state index contributed by atoms with van der Waals surface area (Å²) in [6.45, 7) is 0.757. The molecule has 2 aromatic rings. The largest absolute Gasteiger partial charge is 0.497 e. The highest BCUT2D eigenvalue weighted by Gasteiger charge is 2.07. The molecule has 9 heteroatoms. The summed E-state index contributed by atoms with van der Waals surface area (Å²) in [5, 5.41) is 17.3. The second kappa shape index (κ2) is 7.07. The number of benzene rings is 1. The van der Waals surface area contributed by atoms with Crippen molar-refractivity contribution in [2.45, 2.75) is 6.54 Å². The van der Waals surface area contributed by atoms with Crippen molar-refractivity contribution in [3.8, 4) is 5.75 Å². The third-order valence-electron chi connectivity index (χ3n) is 2.80. The second-order valence-electron chi connectivity index (χ2n) is 4.34. The highest BCUT2D eigenvalue weighted by Crippen LogP contribution is 2.14. The Bertz CT molecular complexity index is 665. The number of nitrogens with two attached hydrogens (primary N) is 1. The van der Waals surface area contributed by atoms with Crippen molar-refractivity contribution in [2.75, 3.05) is 19.0 Å². The fourth-order valence-corrected chi connectivity index (χ4v) is 1.70. The lowest BCUT2D eigenvalue weighted by Crippen LogP contribution is -2.23. The van der Waals surface area contributed by atoms with E-state index in [1.807, 2.05) is 12.1 Å². The smallest absolute Gasteiger partial charge is 0.306 e. The van der Waals surface area contributed by atoms with Crippen LogP contribution in [0.1, 0.15) is 0 Å². The zero-order chi connectivity index (χ0) is 15.9. The van der Waals surface area contributed by atoms with E-state index in [9.17, 15) is 10.1 Å². The number of rotatable bonds is 6.